The summed E-state index contributed by atoms with van der Waals surface area (Å²) in [7, 11) is 1.61. The van der Waals surface area contributed by atoms with E-state index in [0.717, 1.165) is 42.9 Å². The average molecular weight is 294 g/mol. The monoisotopic (exact) mass is 294 g/mol. The third-order valence-corrected chi connectivity index (χ3v) is 4.22. The Morgan fingerprint density at radius 2 is 1.82 bits per heavy atom. The molecular weight excluding hydrogens is 276 g/mol. The Morgan fingerprint density at radius 3 is 2.41 bits per heavy atom. The van der Waals surface area contributed by atoms with E-state index in [0.29, 0.717) is 5.57 Å². The molecule has 1 heterocycles. The maximum atomic E-state index is 12.5. The van der Waals surface area contributed by atoms with Crippen LogP contribution in [0.1, 0.15) is 24.8 Å². The molecule has 0 radical (unpaired) electrons. The van der Waals surface area contributed by atoms with Crippen LogP contribution in [0, 0.1) is 11.3 Å². The van der Waals surface area contributed by atoms with Crippen molar-refractivity contribution in [2.45, 2.75) is 19.3 Å². The summed E-state index contributed by atoms with van der Waals surface area (Å²) in [6, 6.07) is 9.47. The topological polar surface area (TPSA) is 53.3 Å². The zero-order chi connectivity index (χ0) is 15.5. The van der Waals surface area contributed by atoms with Gasteiger partial charge >= 0.3 is 0 Å². The lowest BCUT2D eigenvalue weighted by Crippen LogP contribution is -2.28. The highest BCUT2D eigenvalue weighted by Gasteiger charge is 2.30. The fourth-order valence-corrected chi connectivity index (χ4v) is 3.00. The molecule has 3 rings (SSSR count). The molecule has 0 saturated carbocycles. The van der Waals surface area contributed by atoms with Crippen LogP contribution in [0.2, 0.25) is 0 Å². The van der Waals surface area contributed by atoms with Crippen molar-refractivity contribution < 1.29 is 9.53 Å². The van der Waals surface area contributed by atoms with Crippen molar-refractivity contribution in [1.82, 2.24) is 4.90 Å². The van der Waals surface area contributed by atoms with Gasteiger partial charge in [-0.05, 0) is 43.0 Å². The summed E-state index contributed by atoms with van der Waals surface area (Å²) >= 11 is 0. The molecule has 1 aliphatic carbocycles. The Balaban J connectivity index is 1.93. The molecule has 0 aromatic heterocycles. The third kappa shape index (κ3) is 2.50. The zero-order valence-electron chi connectivity index (χ0n) is 12.6. The Morgan fingerprint density at radius 1 is 1.14 bits per heavy atom. The molecule has 0 spiro atoms. The number of nitrogens with zero attached hydrogens (tertiary/aromatic N) is 2. The second-order valence-electron chi connectivity index (χ2n) is 5.54. The summed E-state index contributed by atoms with van der Waals surface area (Å²) in [6.45, 7) is 1.83. The number of piperidine rings is 1. The second-order valence-corrected chi connectivity index (χ2v) is 5.54. The number of nitriles is 1. The summed E-state index contributed by atoms with van der Waals surface area (Å²) in [5, 5.41) is 9.38. The predicted molar refractivity (Wildman–Crippen MR) is 84.0 cm³/mol. The van der Waals surface area contributed by atoms with Gasteiger partial charge in [0.05, 0.1) is 12.8 Å². The van der Waals surface area contributed by atoms with E-state index in [9.17, 15) is 10.1 Å². The number of benzene rings is 1. The third-order valence-electron chi connectivity index (χ3n) is 4.22. The number of Topliss-reactive ketones (excluding diaryl/α,β-unsaturated/α-hetero) is 1. The van der Waals surface area contributed by atoms with Gasteiger partial charge in [-0.2, -0.15) is 5.26 Å². The highest BCUT2D eigenvalue weighted by molar-refractivity contribution is 6.33. The van der Waals surface area contributed by atoms with Crippen molar-refractivity contribution >= 4 is 11.4 Å². The number of ether oxygens (including phenoxy) is 1. The summed E-state index contributed by atoms with van der Waals surface area (Å²) in [5.74, 6) is 0.577. The van der Waals surface area contributed by atoms with Crippen LogP contribution in [0.5, 0.6) is 5.75 Å². The SMILES string of the molecule is COc1ccc(C2=CC(N3CCCCC3)=C(C#N)C2=O)cc1. The van der Waals surface area contributed by atoms with Crippen molar-refractivity contribution in [3.8, 4) is 11.8 Å². The first-order valence-electron chi connectivity index (χ1n) is 7.54. The smallest absolute Gasteiger partial charge is 0.206 e. The standard InChI is InChI=1S/C18H18N2O2/c1-22-14-7-5-13(6-8-14)15-11-17(16(12-19)18(15)21)20-9-3-2-4-10-20/h5-8,11H,2-4,9-10H2,1H3. The van der Waals surface area contributed by atoms with Crippen LogP contribution in [0.4, 0.5) is 0 Å². The lowest BCUT2D eigenvalue weighted by Gasteiger charge is -2.29. The Labute approximate surface area is 130 Å². The van der Waals surface area contributed by atoms with Gasteiger partial charge in [0.2, 0.25) is 5.78 Å². The molecule has 0 unspecified atom stereocenters. The summed E-state index contributed by atoms with van der Waals surface area (Å²) < 4.78 is 5.14. The van der Waals surface area contributed by atoms with Crippen molar-refractivity contribution in [2.24, 2.45) is 0 Å². The number of hydrogen-bond acceptors (Lipinski definition) is 4. The van der Waals surface area contributed by atoms with E-state index in [1.54, 1.807) is 7.11 Å². The fourth-order valence-electron chi connectivity index (χ4n) is 3.00. The van der Waals surface area contributed by atoms with E-state index in [-0.39, 0.29) is 11.4 Å². The maximum absolute atomic E-state index is 12.5. The molecule has 2 aliphatic rings. The van der Waals surface area contributed by atoms with Crippen LogP contribution in [0.3, 0.4) is 0 Å². The van der Waals surface area contributed by atoms with Crippen LogP contribution < -0.4 is 4.74 Å². The molecule has 4 nitrogen and oxygen atoms in total. The van der Waals surface area contributed by atoms with E-state index in [2.05, 4.69) is 11.0 Å². The number of methoxy groups -OCH3 is 1. The molecule has 4 heteroatoms. The van der Waals surface area contributed by atoms with Gasteiger partial charge in [0.1, 0.15) is 17.4 Å². The number of ketones is 1. The minimum absolute atomic E-state index is 0.173. The van der Waals surface area contributed by atoms with Crippen LogP contribution in [0.15, 0.2) is 41.6 Å². The van der Waals surface area contributed by atoms with Crippen molar-refractivity contribution in [2.75, 3.05) is 20.2 Å². The first kappa shape index (κ1) is 14.4. The molecule has 0 N–H and O–H groups in total. The lowest BCUT2D eigenvalue weighted by atomic mass is 10.0. The summed E-state index contributed by atoms with van der Waals surface area (Å²) in [5.41, 5.74) is 2.48. The minimum Gasteiger partial charge on any atom is -0.497 e. The van der Waals surface area contributed by atoms with Gasteiger partial charge in [0, 0.05) is 18.7 Å². The normalized spacial score (nSPS) is 18.3. The van der Waals surface area contributed by atoms with Gasteiger partial charge in [-0.1, -0.05) is 12.1 Å². The molecule has 1 aliphatic heterocycles. The number of hydrogen-bond donors (Lipinski definition) is 0. The molecule has 0 atom stereocenters. The van der Waals surface area contributed by atoms with Crippen LogP contribution in [-0.2, 0) is 4.79 Å². The zero-order valence-corrected chi connectivity index (χ0v) is 12.6. The Hall–Kier alpha value is -2.54. The highest BCUT2D eigenvalue weighted by Crippen LogP contribution is 2.32. The molecule has 1 fully saturated rings. The van der Waals surface area contributed by atoms with E-state index < -0.39 is 0 Å². The van der Waals surface area contributed by atoms with Gasteiger partial charge in [0.15, 0.2) is 0 Å². The number of rotatable bonds is 3. The molecule has 1 aromatic rings. The quantitative estimate of drug-likeness (QED) is 0.860. The predicted octanol–water partition coefficient (Wildman–Crippen LogP) is 2.92. The summed E-state index contributed by atoms with van der Waals surface area (Å²) in [4.78, 5) is 14.7. The maximum Gasteiger partial charge on any atom is 0.206 e. The number of carbonyl (C=O) groups is 1. The van der Waals surface area contributed by atoms with Crippen LogP contribution >= 0.6 is 0 Å². The number of carbonyl (C=O) groups excluding carboxylic acids is 1. The average Bonchev–Trinajstić information content (AvgIpc) is 2.92. The van der Waals surface area contributed by atoms with Gasteiger partial charge in [0.25, 0.3) is 0 Å². The molecular formula is C18H18N2O2. The van der Waals surface area contributed by atoms with Crippen LogP contribution in [0.25, 0.3) is 5.57 Å². The Kier molecular flexibility index (Phi) is 3.97. The fraction of sp³-hybridized carbons (Fsp3) is 0.333. The molecule has 1 saturated heterocycles. The highest BCUT2D eigenvalue weighted by atomic mass is 16.5. The first-order valence-corrected chi connectivity index (χ1v) is 7.54. The van der Waals surface area contributed by atoms with E-state index in [1.807, 2.05) is 30.3 Å². The number of allylic oxidation sites excluding steroid dienone is 3. The van der Waals surface area contributed by atoms with Gasteiger partial charge in [-0.15, -0.1) is 0 Å². The largest absolute Gasteiger partial charge is 0.497 e. The van der Waals surface area contributed by atoms with E-state index >= 15 is 0 Å². The van der Waals surface area contributed by atoms with Crippen molar-refractivity contribution in [3.05, 3.63) is 47.2 Å². The van der Waals surface area contributed by atoms with Crippen molar-refractivity contribution in [3.63, 3.8) is 0 Å². The first-order chi connectivity index (χ1) is 10.7. The van der Waals surface area contributed by atoms with Gasteiger partial charge in [-0.3, -0.25) is 4.79 Å². The number of likely N-dealkylation sites (tertiary alicyclic amines) is 1. The minimum atomic E-state index is -0.173. The molecule has 22 heavy (non-hydrogen) atoms. The van der Waals surface area contributed by atoms with Crippen LogP contribution in [-0.4, -0.2) is 30.9 Å². The lowest BCUT2D eigenvalue weighted by molar-refractivity contribution is -0.110. The van der Waals surface area contributed by atoms with Crippen molar-refractivity contribution in [1.29, 1.82) is 5.26 Å². The second kappa shape index (κ2) is 6.07. The molecule has 0 bridgehead atoms. The van der Waals surface area contributed by atoms with E-state index in [4.69, 9.17) is 4.74 Å². The van der Waals surface area contributed by atoms with Gasteiger partial charge in [-0.25, -0.2) is 0 Å². The molecule has 112 valence electrons. The molecule has 0 amide bonds. The Bertz CT molecular complexity index is 687. The van der Waals surface area contributed by atoms with Gasteiger partial charge < -0.3 is 9.64 Å². The summed E-state index contributed by atoms with van der Waals surface area (Å²) in [6.07, 6.45) is 5.31. The molecule has 1 aromatic carbocycles. The van der Waals surface area contributed by atoms with E-state index in [1.165, 1.54) is 6.42 Å².